The number of carbonyl (C=O) groups is 1. The quantitative estimate of drug-likeness (QED) is 0.189. The van der Waals surface area contributed by atoms with Gasteiger partial charge in [-0.1, -0.05) is 24.3 Å². The topological polar surface area (TPSA) is 127 Å². The minimum atomic E-state index is -0.605. The van der Waals surface area contributed by atoms with E-state index in [-0.39, 0.29) is 33.4 Å². The summed E-state index contributed by atoms with van der Waals surface area (Å²) in [5.74, 6) is -0.727. The zero-order valence-corrected chi connectivity index (χ0v) is 17.9. The molecule has 0 bridgehead atoms. The molecule has 10 heteroatoms. The van der Waals surface area contributed by atoms with Gasteiger partial charge in [0, 0.05) is 28.5 Å². The van der Waals surface area contributed by atoms with Gasteiger partial charge in [-0.2, -0.15) is 5.10 Å². The molecule has 0 atom stereocenters. The fourth-order valence-electron chi connectivity index (χ4n) is 3.41. The highest BCUT2D eigenvalue weighted by Gasteiger charge is 2.15. The maximum Gasteiger partial charge on any atom is 0.271 e. The number of rotatable bonds is 5. The maximum absolute atomic E-state index is 12.8. The molecule has 0 aliphatic heterocycles. The smallest absolute Gasteiger partial charge is 0.271 e. The van der Waals surface area contributed by atoms with E-state index in [1.807, 2.05) is 0 Å². The molecule has 1 heterocycles. The average Bonchev–Trinajstić information content (AvgIpc) is 2.79. The van der Waals surface area contributed by atoms with Crippen LogP contribution in [0.3, 0.4) is 0 Å². The van der Waals surface area contributed by atoms with Crippen molar-refractivity contribution in [2.24, 2.45) is 5.10 Å². The molecule has 0 radical (unpaired) electrons. The molecular weight excluding hydrogens is 480 g/mol. The number of hydrogen-bond acceptors (Lipinski definition) is 6. The highest BCUT2D eigenvalue weighted by atomic mass is 79.9. The van der Waals surface area contributed by atoms with E-state index in [0.717, 1.165) is 18.3 Å². The summed E-state index contributed by atoms with van der Waals surface area (Å²) in [5, 5.41) is 25.9. The largest absolute Gasteiger partial charge is 0.506 e. The molecule has 4 aromatic rings. The van der Waals surface area contributed by atoms with Crippen molar-refractivity contribution < 1.29 is 14.8 Å². The lowest BCUT2D eigenvalue weighted by atomic mass is 10.1. The van der Waals surface area contributed by atoms with Crippen molar-refractivity contribution in [2.45, 2.75) is 6.54 Å². The van der Waals surface area contributed by atoms with Gasteiger partial charge >= 0.3 is 0 Å². The Hall–Kier alpha value is -4.05. The summed E-state index contributed by atoms with van der Waals surface area (Å²) in [6.45, 7) is -0.122. The monoisotopic (exact) mass is 494 g/mol. The minimum absolute atomic E-state index is 0.0608. The summed E-state index contributed by atoms with van der Waals surface area (Å²) in [5.41, 5.74) is 3.27. The third kappa shape index (κ3) is 3.95. The summed E-state index contributed by atoms with van der Waals surface area (Å²) in [7, 11) is 0. The fourth-order valence-corrected chi connectivity index (χ4v) is 3.87. The summed E-state index contributed by atoms with van der Waals surface area (Å²) < 4.78 is 1.85. The molecule has 0 fully saturated rings. The van der Waals surface area contributed by atoms with E-state index in [0.29, 0.717) is 21.8 Å². The Morgan fingerprint density at radius 2 is 1.72 bits per heavy atom. The Labute approximate surface area is 188 Å². The van der Waals surface area contributed by atoms with Gasteiger partial charge in [-0.25, -0.2) is 5.43 Å². The van der Waals surface area contributed by atoms with Crippen LogP contribution in [0.2, 0.25) is 0 Å². The lowest BCUT2D eigenvalue weighted by Gasteiger charge is -2.14. The predicted octanol–water partition coefficient (Wildman–Crippen LogP) is 3.68. The molecule has 160 valence electrons. The Kier molecular flexibility index (Phi) is 5.69. The first-order valence-electron chi connectivity index (χ1n) is 9.36. The molecule has 0 spiro atoms. The second kappa shape index (κ2) is 8.60. The van der Waals surface area contributed by atoms with Crippen LogP contribution in [0.4, 0.5) is 5.69 Å². The number of halogens is 1. The van der Waals surface area contributed by atoms with Crippen molar-refractivity contribution >= 4 is 55.5 Å². The van der Waals surface area contributed by atoms with Crippen LogP contribution in [0.5, 0.6) is 5.75 Å². The number of para-hydroxylation sites is 2. The maximum atomic E-state index is 12.8. The van der Waals surface area contributed by atoms with E-state index < -0.39 is 10.8 Å². The number of amides is 1. The molecule has 0 saturated heterocycles. The zero-order valence-electron chi connectivity index (χ0n) is 16.4. The Morgan fingerprint density at radius 1 is 1.12 bits per heavy atom. The van der Waals surface area contributed by atoms with E-state index in [2.05, 4.69) is 26.5 Å². The summed E-state index contributed by atoms with van der Waals surface area (Å²) >= 11 is 3.05. The number of fused-ring (bicyclic) bond motifs is 2. The number of nitro groups is 1. The minimum Gasteiger partial charge on any atom is -0.506 e. The molecule has 32 heavy (non-hydrogen) atoms. The molecule has 2 N–H and O–H groups in total. The number of aromatic hydroxyl groups is 1. The van der Waals surface area contributed by atoms with Gasteiger partial charge in [-0.3, -0.25) is 19.7 Å². The van der Waals surface area contributed by atoms with Crippen LogP contribution in [0.25, 0.3) is 21.8 Å². The van der Waals surface area contributed by atoms with Crippen molar-refractivity contribution in [3.05, 3.63) is 91.0 Å². The van der Waals surface area contributed by atoms with Gasteiger partial charge in [0.05, 0.1) is 26.6 Å². The number of hydrogen-bond donors (Lipinski definition) is 2. The highest BCUT2D eigenvalue weighted by Crippen LogP contribution is 2.31. The standard InChI is InChI=1S/C22H15BrN4O5/c23-17-10-14(27(31)32)9-13(21(17)29)11-24-25-20(28)12-26-18-7-3-1-5-15(18)22(30)16-6-2-4-8-19(16)26/h1-11,29H,12H2,(H,25,28)/b24-11+. The van der Waals surface area contributed by atoms with E-state index in [4.69, 9.17) is 0 Å². The van der Waals surface area contributed by atoms with Crippen LogP contribution >= 0.6 is 15.9 Å². The SMILES string of the molecule is O=C(Cn1c2ccccc2c(=O)c2ccccc21)N/N=C/c1cc([N+](=O)[O-])cc(Br)c1O. The van der Waals surface area contributed by atoms with E-state index >= 15 is 0 Å². The van der Waals surface area contributed by atoms with Crippen LogP contribution in [-0.4, -0.2) is 26.7 Å². The first kappa shape index (κ1) is 21.2. The van der Waals surface area contributed by atoms with E-state index in [1.54, 1.807) is 53.1 Å². The van der Waals surface area contributed by atoms with Gasteiger partial charge in [-0.15, -0.1) is 0 Å². The number of aromatic nitrogens is 1. The number of pyridine rings is 1. The van der Waals surface area contributed by atoms with Crippen molar-refractivity contribution in [1.82, 2.24) is 9.99 Å². The van der Waals surface area contributed by atoms with E-state index in [1.165, 1.54) is 0 Å². The number of phenols is 1. The van der Waals surface area contributed by atoms with Crippen LogP contribution < -0.4 is 10.9 Å². The first-order valence-corrected chi connectivity index (χ1v) is 10.1. The molecule has 0 saturated carbocycles. The fraction of sp³-hybridized carbons (Fsp3) is 0.0455. The normalized spacial score (nSPS) is 11.3. The molecule has 0 unspecified atom stereocenters. The molecule has 0 aliphatic carbocycles. The predicted molar refractivity (Wildman–Crippen MR) is 124 cm³/mol. The molecule has 4 rings (SSSR count). The number of non-ortho nitro benzene ring substituents is 1. The lowest BCUT2D eigenvalue weighted by molar-refractivity contribution is -0.385. The van der Waals surface area contributed by atoms with Crippen LogP contribution in [0.15, 0.2) is 75.0 Å². The van der Waals surface area contributed by atoms with Crippen LogP contribution in [0.1, 0.15) is 5.56 Å². The van der Waals surface area contributed by atoms with Crippen molar-refractivity contribution in [2.75, 3.05) is 0 Å². The summed E-state index contributed by atoms with van der Waals surface area (Å²) in [4.78, 5) is 35.8. The molecule has 1 aromatic heterocycles. The number of nitrogens with one attached hydrogen (secondary N) is 1. The van der Waals surface area contributed by atoms with Gasteiger partial charge < -0.3 is 9.67 Å². The number of nitrogens with zero attached hydrogens (tertiary/aromatic N) is 3. The molecule has 3 aromatic carbocycles. The highest BCUT2D eigenvalue weighted by molar-refractivity contribution is 9.10. The van der Waals surface area contributed by atoms with Crippen molar-refractivity contribution in [1.29, 1.82) is 0 Å². The van der Waals surface area contributed by atoms with Gasteiger partial charge in [0.25, 0.3) is 11.6 Å². The first-order chi connectivity index (χ1) is 15.4. The number of phenolic OH excluding ortho intramolecular Hbond substituents is 1. The van der Waals surface area contributed by atoms with Crippen LogP contribution in [0, 0.1) is 10.1 Å². The Bertz CT molecular complexity index is 1420. The Balaban J connectivity index is 1.64. The van der Waals surface area contributed by atoms with Gasteiger partial charge in [-0.05, 0) is 40.2 Å². The summed E-state index contributed by atoms with van der Waals surface area (Å²) in [6, 6.07) is 16.3. The number of benzene rings is 3. The molecule has 9 nitrogen and oxygen atoms in total. The Morgan fingerprint density at radius 3 is 2.31 bits per heavy atom. The number of carbonyl (C=O) groups excluding carboxylic acids is 1. The lowest BCUT2D eigenvalue weighted by Crippen LogP contribution is -2.25. The molecular formula is C22H15BrN4O5. The van der Waals surface area contributed by atoms with Crippen molar-refractivity contribution in [3.63, 3.8) is 0 Å². The third-order valence-electron chi connectivity index (χ3n) is 4.86. The zero-order chi connectivity index (χ0) is 22.8. The second-order valence-electron chi connectivity index (χ2n) is 6.87. The third-order valence-corrected chi connectivity index (χ3v) is 5.47. The number of nitro benzene ring substituents is 1. The number of hydrazone groups is 1. The second-order valence-corrected chi connectivity index (χ2v) is 7.72. The molecule has 0 aliphatic rings. The van der Waals surface area contributed by atoms with Gasteiger partial charge in [0.1, 0.15) is 12.3 Å². The molecule has 1 amide bonds. The van der Waals surface area contributed by atoms with Gasteiger partial charge in [0.15, 0.2) is 5.43 Å². The summed E-state index contributed by atoms with van der Waals surface area (Å²) in [6.07, 6.45) is 1.12. The van der Waals surface area contributed by atoms with Gasteiger partial charge in [0.2, 0.25) is 0 Å². The van der Waals surface area contributed by atoms with Crippen molar-refractivity contribution in [3.8, 4) is 5.75 Å². The van der Waals surface area contributed by atoms with E-state index in [9.17, 15) is 24.8 Å². The van der Waals surface area contributed by atoms with Crippen LogP contribution in [-0.2, 0) is 11.3 Å². The average molecular weight is 495 g/mol.